The molecule has 0 radical (unpaired) electrons. The van der Waals surface area contributed by atoms with E-state index in [1.54, 1.807) is 48.8 Å². The van der Waals surface area contributed by atoms with E-state index < -0.39 is 15.9 Å². The molecule has 2 aromatic heterocycles. The van der Waals surface area contributed by atoms with Gasteiger partial charge in [-0.1, -0.05) is 24.3 Å². The Bertz CT molecular complexity index is 1060. The average Bonchev–Trinajstić information content (AvgIpc) is 3.22. The normalized spacial score (nSPS) is 11.8. The SMILES string of the molecule is CC(=NNC(=O)c1ccccc1NS(=O)(=O)c1cccs1)c1ccccn1. The predicted molar refractivity (Wildman–Crippen MR) is 105 cm³/mol. The number of sulfonamides is 1. The molecule has 0 aliphatic rings. The second-order valence-electron chi connectivity index (χ2n) is 5.44. The van der Waals surface area contributed by atoms with Gasteiger partial charge in [0.25, 0.3) is 15.9 Å². The van der Waals surface area contributed by atoms with Crippen LogP contribution in [0.25, 0.3) is 0 Å². The molecule has 0 spiro atoms. The molecule has 0 saturated carbocycles. The van der Waals surface area contributed by atoms with Crippen LogP contribution in [0, 0.1) is 0 Å². The van der Waals surface area contributed by atoms with Crippen LogP contribution in [0.2, 0.25) is 0 Å². The Morgan fingerprint density at radius 3 is 2.56 bits per heavy atom. The summed E-state index contributed by atoms with van der Waals surface area (Å²) in [6.07, 6.45) is 1.63. The van der Waals surface area contributed by atoms with Crippen LogP contribution >= 0.6 is 11.3 Å². The molecule has 2 heterocycles. The molecule has 1 amide bonds. The third kappa shape index (κ3) is 4.57. The van der Waals surface area contributed by atoms with E-state index in [-0.39, 0.29) is 15.5 Å². The van der Waals surface area contributed by atoms with Gasteiger partial charge < -0.3 is 0 Å². The van der Waals surface area contributed by atoms with Gasteiger partial charge in [0.1, 0.15) is 4.21 Å². The highest BCUT2D eigenvalue weighted by Gasteiger charge is 2.19. The maximum atomic E-state index is 12.5. The van der Waals surface area contributed by atoms with Gasteiger partial charge in [-0.05, 0) is 42.6 Å². The molecule has 0 bridgehead atoms. The summed E-state index contributed by atoms with van der Waals surface area (Å²) in [5.41, 5.74) is 3.93. The van der Waals surface area contributed by atoms with E-state index in [1.165, 1.54) is 18.2 Å². The summed E-state index contributed by atoms with van der Waals surface area (Å²) >= 11 is 1.10. The number of aromatic nitrogens is 1. The number of nitrogens with one attached hydrogen (secondary N) is 2. The van der Waals surface area contributed by atoms with E-state index >= 15 is 0 Å². The van der Waals surface area contributed by atoms with E-state index in [9.17, 15) is 13.2 Å². The van der Waals surface area contributed by atoms with Crippen molar-refractivity contribution in [1.82, 2.24) is 10.4 Å². The van der Waals surface area contributed by atoms with Crippen LogP contribution in [0.3, 0.4) is 0 Å². The third-order valence-electron chi connectivity index (χ3n) is 3.54. The largest absolute Gasteiger partial charge is 0.278 e. The van der Waals surface area contributed by atoms with Gasteiger partial charge in [-0.15, -0.1) is 11.3 Å². The number of amides is 1. The van der Waals surface area contributed by atoms with Crippen molar-refractivity contribution in [2.75, 3.05) is 4.72 Å². The fourth-order valence-corrected chi connectivity index (χ4v) is 4.28. The first-order chi connectivity index (χ1) is 13.0. The molecule has 0 fully saturated rings. The molecule has 2 N–H and O–H groups in total. The Morgan fingerprint density at radius 1 is 1.07 bits per heavy atom. The molecule has 9 heteroatoms. The van der Waals surface area contributed by atoms with E-state index in [0.717, 1.165) is 11.3 Å². The predicted octanol–water partition coefficient (Wildman–Crippen LogP) is 3.10. The zero-order valence-corrected chi connectivity index (χ0v) is 15.9. The van der Waals surface area contributed by atoms with Gasteiger partial charge in [-0.25, -0.2) is 13.8 Å². The molecule has 0 atom stereocenters. The second kappa shape index (κ2) is 8.11. The van der Waals surface area contributed by atoms with Crippen molar-refractivity contribution in [2.45, 2.75) is 11.1 Å². The summed E-state index contributed by atoms with van der Waals surface area (Å²) < 4.78 is 27.5. The zero-order chi connectivity index (χ0) is 19.3. The number of carbonyl (C=O) groups excluding carboxylic acids is 1. The average molecular weight is 400 g/mol. The van der Waals surface area contributed by atoms with Crippen LogP contribution in [0.4, 0.5) is 5.69 Å². The monoisotopic (exact) mass is 400 g/mol. The molecule has 27 heavy (non-hydrogen) atoms. The van der Waals surface area contributed by atoms with Crippen LogP contribution in [0.15, 0.2) is 75.5 Å². The minimum absolute atomic E-state index is 0.162. The molecule has 3 rings (SSSR count). The van der Waals surface area contributed by atoms with E-state index in [4.69, 9.17) is 0 Å². The first kappa shape index (κ1) is 18.7. The molecular formula is C18H16N4O3S2. The van der Waals surface area contributed by atoms with E-state index in [1.807, 2.05) is 6.07 Å². The summed E-state index contributed by atoms with van der Waals surface area (Å²) in [5.74, 6) is -0.533. The number of thiophene rings is 1. The third-order valence-corrected chi connectivity index (χ3v) is 6.30. The fraction of sp³-hybridized carbons (Fsp3) is 0.0556. The molecule has 0 aliphatic heterocycles. The van der Waals surface area contributed by atoms with Crippen molar-refractivity contribution in [3.05, 3.63) is 77.4 Å². The van der Waals surface area contributed by atoms with Gasteiger partial charge in [0.15, 0.2) is 0 Å². The standard InChI is InChI=1S/C18H16N4O3S2/c1-13(15-8-4-5-11-19-15)20-21-18(23)14-7-2-3-9-16(14)22-27(24,25)17-10-6-12-26-17/h2-12,22H,1H3,(H,21,23). The number of benzene rings is 1. The van der Waals surface area contributed by atoms with Crippen LogP contribution in [0.1, 0.15) is 23.0 Å². The van der Waals surface area contributed by atoms with Crippen molar-refractivity contribution in [2.24, 2.45) is 5.10 Å². The maximum Gasteiger partial charge on any atom is 0.273 e. The highest BCUT2D eigenvalue weighted by molar-refractivity contribution is 7.94. The molecule has 138 valence electrons. The van der Waals surface area contributed by atoms with Crippen molar-refractivity contribution in [3.63, 3.8) is 0 Å². The number of carbonyl (C=O) groups is 1. The minimum atomic E-state index is -3.76. The Labute approximate surface area is 160 Å². The van der Waals surface area contributed by atoms with Crippen LogP contribution in [0.5, 0.6) is 0 Å². The minimum Gasteiger partial charge on any atom is -0.278 e. The summed E-state index contributed by atoms with van der Waals surface area (Å²) in [4.78, 5) is 16.7. The molecule has 3 aromatic rings. The number of hydrogen-bond donors (Lipinski definition) is 2. The lowest BCUT2D eigenvalue weighted by molar-refractivity contribution is 0.0955. The quantitative estimate of drug-likeness (QED) is 0.490. The Balaban J connectivity index is 1.80. The van der Waals surface area contributed by atoms with Gasteiger partial charge in [0, 0.05) is 6.20 Å². The molecule has 0 saturated heterocycles. The van der Waals surface area contributed by atoms with E-state index in [0.29, 0.717) is 11.4 Å². The van der Waals surface area contributed by atoms with Crippen molar-refractivity contribution >= 4 is 38.7 Å². The number of hydrazone groups is 1. The topological polar surface area (TPSA) is 101 Å². The molecule has 0 aliphatic carbocycles. The lowest BCUT2D eigenvalue weighted by Crippen LogP contribution is -2.22. The smallest absolute Gasteiger partial charge is 0.273 e. The van der Waals surface area contributed by atoms with Gasteiger partial charge >= 0.3 is 0 Å². The number of para-hydroxylation sites is 1. The summed E-state index contributed by atoms with van der Waals surface area (Å²) in [5, 5.41) is 5.71. The van der Waals surface area contributed by atoms with E-state index in [2.05, 4.69) is 20.2 Å². The zero-order valence-electron chi connectivity index (χ0n) is 14.3. The van der Waals surface area contributed by atoms with Crippen molar-refractivity contribution in [3.8, 4) is 0 Å². The Kier molecular flexibility index (Phi) is 5.63. The van der Waals surface area contributed by atoms with Crippen LogP contribution in [-0.4, -0.2) is 25.0 Å². The Morgan fingerprint density at radius 2 is 1.85 bits per heavy atom. The molecule has 0 unspecified atom stereocenters. The van der Waals surface area contributed by atoms with Gasteiger partial charge in [-0.2, -0.15) is 5.10 Å². The van der Waals surface area contributed by atoms with Gasteiger partial charge in [0.05, 0.1) is 22.7 Å². The fourth-order valence-electron chi connectivity index (χ4n) is 2.21. The first-order valence-electron chi connectivity index (χ1n) is 7.89. The lowest BCUT2D eigenvalue weighted by Gasteiger charge is -2.11. The Hall–Kier alpha value is -3.04. The number of anilines is 1. The number of pyridine rings is 1. The molecular weight excluding hydrogens is 384 g/mol. The van der Waals surface area contributed by atoms with Crippen LogP contribution in [-0.2, 0) is 10.0 Å². The lowest BCUT2D eigenvalue weighted by atomic mass is 10.2. The van der Waals surface area contributed by atoms with Crippen LogP contribution < -0.4 is 10.1 Å². The highest BCUT2D eigenvalue weighted by atomic mass is 32.2. The van der Waals surface area contributed by atoms with Crippen molar-refractivity contribution < 1.29 is 13.2 Å². The second-order valence-corrected chi connectivity index (χ2v) is 8.29. The highest BCUT2D eigenvalue weighted by Crippen LogP contribution is 2.22. The molecule has 1 aromatic carbocycles. The summed E-state index contributed by atoms with van der Waals surface area (Å²) in [6.45, 7) is 1.72. The van der Waals surface area contributed by atoms with Crippen molar-refractivity contribution in [1.29, 1.82) is 0 Å². The summed E-state index contributed by atoms with van der Waals surface area (Å²) in [7, 11) is -3.76. The van der Waals surface area contributed by atoms with Gasteiger partial charge in [-0.3, -0.25) is 14.5 Å². The summed E-state index contributed by atoms with van der Waals surface area (Å²) in [6, 6.07) is 14.8. The first-order valence-corrected chi connectivity index (χ1v) is 10.2. The number of nitrogens with zero attached hydrogens (tertiary/aromatic N) is 2. The number of hydrogen-bond acceptors (Lipinski definition) is 6. The molecule has 7 nitrogen and oxygen atoms in total. The maximum absolute atomic E-state index is 12.5. The van der Waals surface area contributed by atoms with Gasteiger partial charge in [0.2, 0.25) is 0 Å². The number of rotatable bonds is 6.